The van der Waals surface area contributed by atoms with Gasteiger partial charge in [-0.05, 0) is 88.0 Å². The van der Waals surface area contributed by atoms with Crippen LogP contribution in [0.3, 0.4) is 0 Å². The Balaban J connectivity index is 2.44. The molecule has 19 heavy (non-hydrogen) atoms. The van der Waals surface area contributed by atoms with Gasteiger partial charge in [0.15, 0.2) is 0 Å². The van der Waals surface area contributed by atoms with Crippen LogP contribution in [0.25, 0.3) is 0 Å². The summed E-state index contributed by atoms with van der Waals surface area (Å²) in [5, 5.41) is 9.77. The standard InChI is InChI=1S/C12H5Br5O2/c13-5-1-2-8(6(14)3-5)19-9-4-7(15)12(18)11(17)10(9)16/h1-4,18H. The van der Waals surface area contributed by atoms with Crippen LogP contribution in [0.15, 0.2) is 46.6 Å². The molecular weight excluding hydrogens is 576 g/mol. The van der Waals surface area contributed by atoms with E-state index in [1.54, 1.807) is 6.07 Å². The van der Waals surface area contributed by atoms with Crippen LogP contribution in [-0.2, 0) is 0 Å². The molecule has 2 nitrogen and oxygen atoms in total. The van der Waals surface area contributed by atoms with Gasteiger partial charge in [0.05, 0.1) is 17.9 Å². The lowest BCUT2D eigenvalue weighted by molar-refractivity contribution is 0.454. The first-order chi connectivity index (χ1) is 8.90. The van der Waals surface area contributed by atoms with Crippen LogP contribution in [0.1, 0.15) is 0 Å². The second kappa shape index (κ2) is 6.47. The van der Waals surface area contributed by atoms with Crippen LogP contribution in [-0.4, -0.2) is 5.11 Å². The summed E-state index contributed by atoms with van der Waals surface area (Å²) in [6.07, 6.45) is 0. The lowest BCUT2D eigenvalue weighted by Crippen LogP contribution is -1.88. The van der Waals surface area contributed by atoms with Gasteiger partial charge in [0.2, 0.25) is 0 Å². The summed E-state index contributed by atoms with van der Waals surface area (Å²) in [6.45, 7) is 0. The van der Waals surface area contributed by atoms with Crippen molar-refractivity contribution in [3.05, 3.63) is 46.6 Å². The Kier molecular flexibility index (Phi) is 5.39. The zero-order chi connectivity index (χ0) is 14.2. The van der Waals surface area contributed by atoms with Crippen LogP contribution in [0, 0.1) is 0 Å². The first-order valence-corrected chi connectivity index (χ1v) is 8.86. The fourth-order valence-corrected chi connectivity index (χ4v) is 3.91. The first-order valence-electron chi connectivity index (χ1n) is 4.89. The number of hydrogen-bond donors (Lipinski definition) is 1. The Morgan fingerprint density at radius 1 is 0.789 bits per heavy atom. The molecule has 0 heterocycles. The Labute approximate surface area is 152 Å². The average molecular weight is 581 g/mol. The highest BCUT2D eigenvalue weighted by atomic mass is 79.9. The molecule has 0 spiro atoms. The Hall–Kier alpha value is 0.440. The zero-order valence-electron chi connectivity index (χ0n) is 9.05. The van der Waals surface area contributed by atoms with Gasteiger partial charge in [0.1, 0.15) is 17.2 Å². The van der Waals surface area contributed by atoms with E-state index in [0.717, 1.165) is 8.95 Å². The van der Waals surface area contributed by atoms with Gasteiger partial charge in [-0.25, -0.2) is 0 Å². The van der Waals surface area contributed by atoms with E-state index in [2.05, 4.69) is 79.6 Å². The highest BCUT2D eigenvalue weighted by Crippen LogP contribution is 2.45. The molecule has 0 saturated heterocycles. The number of hydrogen-bond acceptors (Lipinski definition) is 2. The monoisotopic (exact) mass is 576 g/mol. The third-order valence-electron chi connectivity index (χ3n) is 2.21. The molecule has 0 radical (unpaired) electrons. The highest BCUT2D eigenvalue weighted by molar-refractivity contribution is 9.13. The average Bonchev–Trinajstić information content (AvgIpc) is 2.36. The molecule has 0 aliphatic heterocycles. The molecule has 0 aliphatic carbocycles. The van der Waals surface area contributed by atoms with Crippen LogP contribution in [0.5, 0.6) is 17.2 Å². The van der Waals surface area contributed by atoms with Gasteiger partial charge in [0.25, 0.3) is 0 Å². The minimum Gasteiger partial charge on any atom is -0.506 e. The van der Waals surface area contributed by atoms with Gasteiger partial charge < -0.3 is 9.84 Å². The summed E-state index contributed by atoms with van der Waals surface area (Å²) in [7, 11) is 0. The summed E-state index contributed by atoms with van der Waals surface area (Å²) in [5.41, 5.74) is 0. The van der Waals surface area contributed by atoms with E-state index < -0.39 is 0 Å². The van der Waals surface area contributed by atoms with Gasteiger partial charge in [0, 0.05) is 4.47 Å². The van der Waals surface area contributed by atoms with E-state index in [9.17, 15) is 5.11 Å². The zero-order valence-corrected chi connectivity index (χ0v) is 17.0. The van der Waals surface area contributed by atoms with Crippen molar-refractivity contribution < 1.29 is 9.84 Å². The quantitative estimate of drug-likeness (QED) is 0.388. The van der Waals surface area contributed by atoms with Crippen molar-refractivity contribution in [2.45, 2.75) is 0 Å². The van der Waals surface area contributed by atoms with Gasteiger partial charge >= 0.3 is 0 Å². The van der Waals surface area contributed by atoms with E-state index in [0.29, 0.717) is 24.9 Å². The van der Waals surface area contributed by atoms with Crippen LogP contribution in [0.2, 0.25) is 0 Å². The van der Waals surface area contributed by atoms with Gasteiger partial charge in [-0.2, -0.15) is 0 Å². The van der Waals surface area contributed by atoms with E-state index in [4.69, 9.17) is 4.74 Å². The molecule has 0 amide bonds. The number of rotatable bonds is 2. The van der Waals surface area contributed by atoms with Crippen LogP contribution >= 0.6 is 79.6 Å². The predicted molar refractivity (Wildman–Crippen MR) is 93.1 cm³/mol. The van der Waals surface area contributed by atoms with Crippen LogP contribution in [0.4, 0.5) is 0 Å². The fourth-order valence-electron chi connectivity index (χ4n) is 1.31. The predicted octanol–water partition coefficient (Wildman–Crippen LogP) is 7.00. The normalized spacial score (nSPS) is 10.6. The highest BCUT2D eigenvalue weighted by Gasteiger charge is 2.15. The number of ether oxygens (including phenoxy) is 1. The molecule has 2 aromatic rings. The third kappa shape index (κ3) is 3.56. The third-order valence-corrected chi connectivity index (χ3v) is 6.02. The molecule has 1 N–H and O–H groups in total. The van der Waals surface area contributed by atoms with Crippen molar-refractivity contribution in [1.29, 1.82) is 0 Å². The maximum Gasteiger partial charge on any atom is 0.145 e. The molecule has 0 bridgehead atoms. The van der Waals surface area contributed by atoms with Crippen molar-refractivity contribution in [2.24, 2.45) is 0 Å². The molecule has 7 heteroatoms. The van der Waals surface area contributed by atoms with Gasteiger partial charge in [-0.1, -0.05) is 15.9 Å². The minimum absolute atomic E-state index is 0.120. The second-order valence-electron chi connectivity index (χ2n) is 3.51. The minimum atomic E-state index is 0.120. The summed E-state index contributed by atoms with van der Waals surface area (Å²) >= 11 is 16.8. The van der Waals surface area contributed by atoms with Crippen LogP contribution < -0.4 is 4.74 Å². The van der Waals surface area contributed by atoms with Gasteiger partial charge in [-0.15, -0.1) is 0 Å². The van der Waals surface area contributed by atoms with Crippen molar-refractivity contribution in [3.63, 3.8) is 0 Å². The Morgan fingerprint density at radius 3 is 2.11 bits per heavy atom. The summed E-state index contributed by atoms with van der Waals surface area (Å²) < 4.78 is 9.33. The summed E-state index contributed by atoms with van der Waals surface area (Å²) in [4.78, 5) is 0. The molecule has 0 saturated carbocycles. The molecule has 0 aromatic heterocycles. The molecule has 100 valence electrons. The van der Waals surface area contributed by atoms with E-state index in [1.165, 1.54) is 0 Å². The summed E-state index contributed by atoms with van der Waals surface area (Å²) in [6, 6.07) is 7.32. The SMILES string of the molecule is Oc1c(Br)cc(Oc2ccc(Br)cc2Br)c(Br)c1Br. The van der Waals surface area contributed by atoms with Crippen molar-refractivity contribution in [2.75, 3.05) is 0 Å². The van der Waals surface area contributed by atoms with Crippen molar-refractivity contribution in [1.82, 2.24) is 0 Å². The van der Waals surface area contributed by atoms with E-state index in [1.807, 2.05) is 18.2 Å². The number of aromatic hydroxyl groups is 1. The maximum atomic E-state index is 9.77. The lowest BCUT2D eigenvalue weighted by Gasteiger charge is -2.12. The lowest BCUT2D eigenvalue weighted by atomic mass is 10.3. The summed E-state index contributed by atoms with van der Waals surface area (Å²) in [5.74, 6) is 1.38. The molecule has 0 atom stereocenters. The fraction of sp³-hybridized carbons (Fsp3) is 0. The molecule has 0 unspecified atom stereocenters. The number of benzene rings is 2. The molecule has 2 aromatic carbocycles. The van der Waals surface area contributed by atoms with Gasteiger partial charge in [-0.3, -0.25) is 0 Å². The number of halogens is 5. The topological polar surface area (TPSA) is 29.5 Å². The largest absolute Gasteiger partial charge is 0.506 e. The smallest absolute Gasteiger partial charge is 0.145 e. The van der Waals surface area contributed by atoms with E-state index >= 15 is 0 Å². The first kappa shape index (κ1) is 15.8. The Morgan fingerprint density at radius 2 is 1.47 bits per heavy atom. The Bertz CT molecular complexity index is 643. The van der Waals surface area contributed by atoms with Crippen molar-refractivity contribution in [3.8, 4) is 17.2 Å². The molecule has 0 fully saturated rings. The molecule has 2 rings (SSSR count). The number of phenols is 1. The van der Waals surface area contributed by atoms with Crippen molar-refractivity contribution >= 4 is 79.6 Å². The van der Waals surface area contributed by atoms with E-state index in [-0.39, 0.29) is 5.75 Å². The second-order valence-corrected chi connectivity index (χ2v) is 7.72. The number of phenolic OH excluding ortho intramolecular Hbond substituents is 1. The maximum absolute atomic E-state index is 9.77. The molecular formula is C12H5Br5O2. The molecule has 0 aliphatic rings.